The van der Waals surface area contributed by atoms with Gasteiger partial charge in [-0.1, -0.05) is 6.07 Å². The number of halogens is 1. The first kappa shape index (κ1) is 15.9. The first-order valence-electron chi connectivity index (χ1n) is 6.04. The summed E-state index contributed by atoms with van der Waals surface area (Å²) >= 11 is 0. The molecule has 6 nitrogen and oxygen atoms in total. The van der Waals surface area contributed by atoms with Crippen LogP contribution in [0.1, 0.15) is 12.0 Å². The van der Waals surface area contributed by atoms with Gasteiger partial charge in [0.1, 0.15) is 5.25 Å². The van der Waals surface area contributed by atoms with Crippen LogP contribution in [-0.2, 0) is 24.9 Å². The molecule has 0 aromatic heterocycles. The Kier molecular flexibility index (Phi) is 3.83. The highest BCUT2D eigenvalue weighted by atomic mass is 32.3. The van der Waals surface area contributed by atoms with E-state index in [0.29, 0.717) is 5.56 Å². The maximum Gasteiger partial charge on any atom is 0.307 e. The summed E-state index contributed by atoms with van der Waals surface area (Å²) in [4.78, 5) is 13.0. The monoisotopic (exact) mass is 335 g/mol. The highest BCUT2D eigenvalue weighted by Crippen LogP contribution is 2.30. The normalized spacial score (nSPS) is 20.0. The third-order valence-electron chi connectivity index (χ3n) is 3.39. The van der Waals surface area contributed by atoms with E-state index in [1.165, 1.54) is 18.2 Å². The Labute approximate surface area is 122 Å². The van der Waals surface area contributed by atoms with Crippen molar-refractivity contribution >= 4 is 31.7 Å². The van der Waals surface area contributed by atoms with Crippen LogP contribution in [-0.4, -0.2) is 40.8 Å². The molecule has 1 aromatic carbocycles. The fraction of sp³-hybridized carbons (Fsp3) is 0.417. The van der Waals surface area contributed by atoms with Crippen LogP contribution in [0.5, 0.6) is 0 Å². The van der Waals surface area contributed by atoms with Gasteiger partial charge in [0.25, 0.3) is 0 Å². The first-order chi connectivity index (χ1) is 9.50. The molecule has 0 N–H and O–H groups in total. The number of nitrogens with zero attached hydrogens (tertiary/aromatic N) is 1. The summed E-state index contributed by atoms with van der Waals surface area (Å²) in [6.07, 6.45) is 0.587. The van der Waals surface area contributed by atoms with Gasteiger partial charge in [-0.2, -0.15) is 8.42 Å². The van der Waals surface area contributed by atoms with Crippen molar-refractivity contribution < 1.29 is 25.5 Å². The molecule has 2 rings (SSSR count). The molecule has 1 aliphatic rings. The second kappa shape index (κ2) is 5.06. The largest absolute Gasteiger partial charge is 0.311 e. The number of hydrogen-bond donors (Lipinski definition) is 0. The van der Waals surface area contributed by atoms with Gasteiger partial charge in [0.2, 0.25) is 5.91 Å². The second-order valence-electron chi connectivity index (χ2n) is 5.03. The van der Waals surface area contributed by atoms with Crippen molar-refractivity contribution in [2.24, 2.45) is 0 Å². The third-order valence-corrected chi connectivity index (χ3v) is 5.61. The number of hydrogen-bond acceptors (Lipinski definition) is 5. The molecular formula is C12H14FNO5S2. The lowest BCUT2D eigenvalue weighted by Gasteiger charge is -2.19. The minimum atomic E-state index is -4.81. The van der Waals surface area contributed by atoms with Gasteiger partial charge in [-0.05, 0) is 24.6 Å². The highest BCUT2D eigenvalue weighted by Gasteiger charge is 2.39. The molecule has 1 saturated heterocycles. The molecule has 0 bridgehead atoms. The Morgan fingerprint density at radius 3 is 2.33 bits per heavy atom. The van der Waals surface area contributed by atoms with Gasteiger partial charge in [-0.25, -0.2) is 8.42 Å². The molecule has 1 unspecified atom stereocenters. The lowest BCUT2D eigenvalue weighted by Crippen LogP contribution is -2.27. The van der Waals surface area contributed by atoms with E-state index < -0.39 is 37.6 Å². The number of amides is 1. The van der Waals surface area contributed by atoms with E-state index in [1.807, 2.05) is 0 Å². The Bertz CT molecular complexity index is 801. The number of carbonyl (C=O) groups is 1. The predicted octanol–water partition coefficient (Wildman–Crippen LogP) is 0.803. The summed E-state index contributed by atoms with van der Waals surface area (Å²) in [5.41, 5.74) is 0.890. The summed E-state index contributed by atoms with van der Waals surface area (Å²) in [6.45, 7) is 1.34. The Hall–Kier alpha value is -1.48. The molecule has 0 aliphatic carbocycles. The van der Waals surface area contributed by atoms with Crippen LogP contribution in [0.25, 0.3) is 0 Å². The minimum Gasteiger partial charge on any atom is -0.311 e. The topological polar surface area (TPSA) is 88.6 Å². The lowest BCUT2D eigenvalue weighted by molar-refractivity contribution is -0.117. The van der Waals surface area contributed by atoms with E-state index in [0.717, 1.165) is 11.2 Å². The Balaban J connectivity index is 2.46. The SMILES string of the molecule is Cc1ccc(S(C)(=O)=O)cc1N1CC(S(=O)(=O)F)CC1=O. The number of carbonyl (C=O) groups excluding carboxylic acids is 1. The van der Waals surface area contributed by atoms with Gasteiger partial charge in [-0.3, -0.25) is 4.79 Å². The summed E-state index contributed by atoms with van der Waals surface area (Å²) in [6, 6.07) is 4.23. The third kappa shape index (κ3) is 3.24. The first-order valence-corrected chi connectivity index (χ1v) is 9.38. The standard InChI is InChI=1S/C12H14FNO5S2/c1-8-3-4-9(20(2,16)17)5-11(8)14-7-10(6-12(14)15)21(13,18)19/h3-5,10H,6-7H2,1-2H3. The molecule has 1 fully saturated rings. The molecule has 1 aliphatic heterocycles. The maximum absolute atomic E-state index is 13.0. The molecule has 0 saturated carbocycles. The zero-order valence-electron chi connectivity index (χ0n) is 11.4. The molecule has 0 radical (unpaired) electrons. The Morgan fingerprint density at radius 1 is 1.24 bits per heavy atom. The molecule has 1 atom stereocenters. The molecule has 9 heteroatoms. The van der Waals surface area contributed by atoms with Crippen molar-refractivity contribution in [2.75, 3.05) is 17.7 Å². The number of rotatable bonds is 3. The van der Waals surface area contributed by atoms with Crippen LogP contribution in [0.3, 0.4) is 0 Å². The van der Waals surface area contributed by atoms with Gasteiger partial charge in [0.05, 0.1) is 4.90 Å². The van der Waals surface area contributed by atoms with Crippen molar-refractivity contribution in [3.05, 3.63) is 23.8 Å². The molecule has 116 valence electrons. The smallest absolute Gasteiger partial charge is 0.307 e. The van der Waals surface area contributed by atoms with Gasteiger partial charge >= 0.3 is 10.2 Å². The zero-order chi connectivity index (χ0) is 16.0. The molecule has 0 spiro atoms. The van der Waals surface area contributed by atoms with Crippen LogP contribution >= 0.6 is 0 Å². The molecular weight excluding hydrogens is 321 g/mol. The lowest BCUT2D eigenvalue weighted by atomic mass is 10.2. The fourth-order valence-electron chi connectivity index (χ4n) is 2.21. The number of benzene rings is 1. The number of aryl methyl sites for hydroxylation is 1. The molecule has 1 aromatic rings. The van der Waals surface area contributed by atoms with E-state index in [1.54, 1.807) is 6.92 Å². The van der Waals surface area contributed by atoms with Crippen LogP contribution in [0, 0.1) is 6.92 Å². The van der Waals surface area contributed by atoms with Crippen LogP contribution < -0.4 is 4.90 Å². The Morgan fingerprint density at radius 2 is 1.86 bits per heavy atom. The summed E-state index contributed by atoms with van der Waals surface area (Å²) < 4.78 is 58.0. The maximum atomic E-state index is 13.0. The van der Waals surface area contributed by atoms with E-state index in [-0.39, 0.29) is 17.1 Å². The van der Waals surface area contributed by atoms with Crippen molar-refractivity contribution in [2.45, 2.75) is 23.5 Å². The fourth-order valence-corrected chi connectivity index (χ4v) is 3.52. The van der Waals surface area contributed by atoms with Crippen molar-refractivity contribution in [3.8, 4) is 0 Å². The second-order valence-corrected chi connectivity index (χ2v) is 8.66. The van der Waals surface area contributed by atoms with Gasteiger partial charge in [0, 0.05) is 24.9 Å². The summed E-state index contributed by atoms with van der Waals surface area (Å²) in [7, 11) is -8.27. The van der Waals surface area contributed by atoms with Crippen LogP contribution in [0.2, 0.25) is 0 Å². The zero-order valence-corrected chi connectivity index (χ0v) is 13.0. The summed E-state index contributed by atoms with van der Waals surface area (Å²) in [5, 5.41) is -1.41. The quantitative estimate of drug-likeness (QED) is 0.763. The summed E-state index contributed by atoms with van der Waals surface area (Å²) in [5.74, 6) is -0.546. The van der Waals surface area contributed by atoms with Crippen LogP contribution in [0.4, 0.5) is 9.57 Å². The van der Waals surface area contributed by atoms with Crippen LogP contribution in [0.15, 0.2) is 23.1 Å². The average Bonchev–Trinajstić information content (AvgIpc) is 2.70. The van der Waals surface area contributed by atoms with E-state index in [9.17, 15) is 25.5 Å². The van der Waals surface area contributed by atoms with Gasteiger partial charge in [-0.15, -0.1) is 3.89 Å². The van der Waals surface area contributed by atoms with E-state index in [2.05, 4.69) is 0 Å². The average molecular weight is 335 g/mol. The molecule has 1 heterocycles. The van der Waals surface area contributed by atoms with Crippen molar-refractivity contribution in [1.82, 2.24) is 0 Å². The number of anilines is 1. The van der Waals surface area contributed by atoms with Crippen molar-refractivity contribution in [3.63, 3.8) is 0 Å². The van der Waals surface area contributed by atoms with Gasteiger partial charge < -0.3 is 4.90 Å². The van der Waals surface area contributed by atoms with E-state index >= 15 is 0 Å². The van der Waals surface area contributed by atoms with Crippen molar-refractivity contribution in [1.29, 1.82) is 0 Å². The highest BCUT2D eigenvalue weighted by molar-refractivity contribution is 7.90. The predicted molar refractivity (Wildman–Crippen MR) is 75.1 cm³/mol. The van der Waals surface area contributed by atoms with Gasteiger partial charge in [0.15, 0.2) is 9.84 Å². The number of sulfone groups is 1. The molecule has 21 heavy (non-hydrogen) atoms. The minimum absolute atomic E-state index is 0.0162. The molecule has 1 amide bonds. The van der Waals surface area contributed by atoms with E-state index in [4.69, 9.17) is 0 Å².